The smallest absolute Gasteiger partial charge is 0.231 e. The Morgan fingerprint density at radius 3 is 2.53 bits per heavy atom. The first-order valence-electron chi connectivity index (χ1n) is 11.9. The normalized spacial score (nSPS) is 27.0. The summed E-state index contributed by atoms with van der Waals surface area (Å²) in [5, 5.41) is 3.31. The van der Waals surface area contributed by atoms with Gasteiger partial charge in [0.15, 0.2) is 11.5 Å². The van der Waals surface area contributed by atoms with E-state index >= 15 is 0 Å². The van der Waals surface area contributed by atoms with Crippen LogP contribution in [0.25, 0.3) is 0 Å². The van der Waals surface area contributed by atoms with Crippen molar-refractivity contribution in [3.8, 4) is 11.5 Å². The van der Waals surface area contributed by atoms with Crippen LogP contribution in [-0.4, -0.2) is 56.4 Å². The molecule has 0 unspecified atom stereocenters. The zero-order chi connectivity index (χ0) is 20.3. The van der Waals surface area contributed by atoms with Crippen LogP contribution < -0.4 is 19.7 Å². The molecule has 1 aromatic carbocycles. The lowest BCUT2D eigenvalue weighted by atomic mass is 9.82. The standard InChI is InChI=1S/C24H35N3O3/c28-24(19-3-1-4-19)25-20-9-7-18(8-10-20)11-12-26-13-15-27(16-14-26)21-5-2-6-22-23(21)30-17-29-22/h2,5-6,18-20H,1,3-4,7-17H2,(H,25,28)/t18-,20-. The summed E-state index contributed by atoms with van der Waals surface area (Å²) in [6, 6.07) is 6.61. The van der Waals surface area contributed by atoms with E-state index in [1.807, 2.05) is 6.07 Å². The second kappa shape index (κ2) is 9.04. The number of benzene rings is 1. The minimum Gasteiger partial charge on any atom is -0.454 e. The van der Waals surface area contributed by atoms with Gasteiger partial charge in [0.25, 0.3) is 0 Å². The van der Waals surface area contributed by atoms with Crippen LogP contribution in [0, 0.1) is 11.8 Å². The molecule has 2 aliphatic heterocycles. The number of piperazine rings is 1. The molecule has 164 valence electrons. The summed E-state index contributed by atoms with van der Waals surface area (Å²) in [6.45, 7) is 5.83. The molecule has 6 nitrogen and oxygen atoms in total. The molecule has 1 N–H and O–H groups in total. The van der Waals surface area contributed by atoms with Gasteiger partial charge in [-0.3, -0.25) is 9.69 Å². The van der Waals surface area contributed by atoms with Gasteiger partial charge in [-0.05, 0) is 69.5 Å². The van der Waals surface area contributed by atoms with Gasteiger partial charge in [0.1, 0.15) is 0 Å². The Morgan fingerprint density at radius 1 is 1.00 bits per heavy atom. The summed E-state index contributed by atoms with van der Waals surface area (Å²) in [6.07, 6.45) is 9.59. The van der Waals surface area contributed by atoms with E-state index in [-0.39, 0.29) is 0 Å². The van der Waals surface area contributed by atoms with Crippen LogP contribution in [0.1, 0.15) is 51.4 Å². The van der Waals surface area contributed by atoms with Crippen molar-refractivity contribution in [3.63, 3.8) is 0 Å². The third kappa shape index (κ3) is 4.39. The Labute approximate surface area is 179 Å². The number of nitrogens with one attached hydrogen (secondary N) is 1. The van der Waals surface area contributed by atoms with Crippen molar-refractivity contribution in [1.82, 2.24) is 10.2 Å². The Balaban J connectivity index is 1.01. The second-order valence-electron chi connectivity index (χ2n) is 9.48. The summed E-state index contributed by atoms with van der Waals surface area (Å²) in [5.41, 5.74) is 1.17. The molecule has 0 aromatic heterocycles. The van der Waals surface area contributed by atoms with Gasteiger partial charge in [-0.15, -0.1) is 0 Å². The molecular formula is C24H35N3O3. The summed E-state index contributed by atoms with van der Waals surface area (Å²) in [4.78, 5) is 17.2. The molecule has 0 radical (unpaired) electrons. The Bertz CT molecular complexity index is 735. The Morgan fingerprint density at radius 2 is 1.80 bits per heavy atom. The third-order valence-electron chi connectivity index (χ3n) is 7.61. The third-order valence-corrected chi connectivity index (χ3v) is 7.61. The highest BCUT2D eigenvalue weighted by Gasteiger charge is 2.29. The van der Waals surface area contributed by atoms with Gasteiger partial charge in [-0.1, -0.05) is 12.5 Å². The number of rotatable bonds is 6. The molecule has 0 spiro atoms. The molecule has 0 bridgehead atoms. The van der Waals surface area contributed by atoms with Crippen molar-refractivity contribution in [2.75, 3.05) is 44.4 Å². The summed E-state index contributed by atoms with van der Waals surface area (Å²) in [5.74, 6) is 3.24. The lowest BCUT2D eigenvalue weighted by Crippen LogP contribution is -2.47. The molecule has 2 heterocycles. The molecule has 1 aromatic rings. The Hall–Kier alpha value is -1.95. The van der Waals surface area contributed by atoms with E-state index < -0.39 is 0 Å². The number of hydrogen-bond donors (Lipinski definition) is 1. The Kier molecular flexibility index (Phi) is 6.02. The monoisotopic (exact) mass is 413 g/mol. The van der Waals surface area contributed by atoms with Crippen LogP contribution in [0.4, 0.5) is 5.69 Å². The van der Waals surface area contributed by atoms with E-state index in [4.69, 9.17) is 9.47 Å². The summed E-state index contributed by atoms with van der Waals surface area (Å²) in [7, 11) is 0. The SMILES string of the molecule is O=C(N[C@H]1CC[C@H](CCN2CCN(c3cccc4c3OCO4)CC2)CC1)C1CCC1. The highest BCUT2D eigenvalue weighted by molar-refractivity contribution is 5.79. The van der Waals surface area contributed by atoms with Crippen molar-refractivity contribution in [2.24, 2.45) is 11.8 Å². The number of fused-ring (bicyclic) bond motifs is 1. The van der Waals surface area contributed by atoms with Gasteiger partial charge in [0, 0.05) is 38.1 Å². The molecule has 4 aliphatic rings. The molecular weight excluding hydrogens is 378 g/mol. The number of anilines is 1. The molecule has 6 heteroatoms. The lowest BCUT2D eigenvalue weighted by molar-refractivity contribution is -0.128. The van der Waals surface area contributed by atoms with E-state index in [9.17, 15) is 4.79 Å². The maximum atomic E-state index is 12.2. The minimum atomic E-state index is 0.317. The number of para-hydroxylation sites is 1. The van der Waals surface area contributed by atoms with Crippen molar-refractivity contribution in [2.45, 2.75) is 57.4 Å². The van der Waals surface area contributed by atoms with E-state index in [1.165, 1.54) is 37.9 Å². The maximum Gasteiger partial charge on any atom is 0.231 e. The van der Waals surface area contributed by atoms with E-state index in [0.717, 1.165) is 69.3 Å². The average molecular weight is 414 g/mol. The average Bonchev–Trinajstić information content (AvgIpc) is 3.21. The quantitative estimate of drug-likeness (QED) is 0.775. The van der Waals surface area contributed by atoms with E-state index in [2.05, 4.69) is 27.2 Å². The molecule has 30 heavy (non-hydrogen) atoms. The first-order valence-corrected chi connectivity index (χ1v) is 11.9. The first-order chi connectivity index (χ1) is 14.8. The number of amides is 1. The van der Waals surface area contributed by atoms with Crippen LogP contribution >= 0.6 is 0 Å². The fourth-order valence-corrected chi connectivity index (χ4v) is 5.33. The predicted molar refractivity (Wildman–Crippen MR) is 117 cm³/mol. The van der Waals surface area contributed by atoms with Gasteiger partial charge >= 0.3 is 0 Å². The van der Waals surface area contributed by atoms with Crippen molar-refractivity contribution in [1.29, 1.82) is 0 Å². The fourth-order valence-electron chi connectivity index (χ4n) is 5.33. The van der Waals surface area contributed by atoms with Crippen molar-refractivity contribution >= 4 is 11.6 Å². The highest BCUT2D eigenvalue weighted by Crippen LogP contribution is 2.41. The van der Waals surface area contributed by atoms with Crippen LogP contribution in [0.15, 0.2) is 18.2 Å². The fraction of sp³-hybridized carbons (Fsp3) is 0.708. The zero-order valence-electron chi connectivity index (χ0n) is 18.0. The van der Waals surface area contributed by atoms with Gasteiger partial charge < -0.3 is 19.7 Å². The van der Waals surface area contributed by atoms with Gasteiger partial charge in [0.2, 0.25) is 12.7 Å². The molecule has 1 saturated heterocycles. The zero-order valence-corrected chi connectivity index (χ0v) is 18.0. The summed E-state index contributed by atoms with van der Waals surface area (Å²) < 4.78 is 11.2. The minimum absolute atomic E-state index is 0.317. The molecule has 1 amide bonds. The predicted octanol–water partition coefficient (Wildman–Crippen LogP) is 3.40. The number of nitrogens with zero attached hydrogens (tertiary/aromatic N) is 2. The van der Waals surface area contributed by atoms with Gasteiger partial charge in [-0.25, -0.2) is 0 Å². The van der Waals surface area contributed by atoms with Crippen molar-refractivity contribution < 1.29 is 14.3 Å². The lowest BCUT2D eigenvalue weighted by Gasteiger charge is -2.37. The van der Waals surface area contributed by atoms with E-state index in [0.29, 0.717) is 24.7 Å². The van der Waals surface area contributed by atoms with Crippen LogP contribution in [-0.2, 0) is 4.79 Å². The number of carbonyl (C=O) groups excluding carboxylic acids is 1. The van der Waals surface area contributed by atoms with Gasteiger partial charge in [0.05, 0.1) is 5.69 Å². The highest BCUT2D eigenvalue weighted by atomic mass is 16.7. The van der Waals surface area contributed by atoms with E-state index in [1.54, 1.807) is 0 Å². The van der Waals surface area contributed by atoms with Gasteiger partial charge in [-0.2, -0.15) is 0 Å². The topological polar surface area (TPSA) is 54.0 Å². The van der Waals surface area contributed by atoms with Crippen LogP contribution in [0.2, 0.25) is 0 Å². The number of ether oxygens (including phenoxy) is 2. The number of hydrogen-bond acceptors (Lipinski definition) is 5. The van der Waals surface area contributed by atoms with Crippen molar-refractivity contribution in [3.05, 3.63) is 18.2 Å². The molecule has 3 fully saturated rings. The van der Waals surface area contributed by atoms with Crippen LogP contribution in [0.3, 0.4) is 0 Å². The second-order valence-corrected chi connectivity index (χ2v) is 9.48. The van der Waals surface area contributed by atoms with Crippen LogP contribution in [0.5, 0.6) is 11.5 Å². The number of carbonyl (C=O) groups is 1. The molecule has 0 atom stereocenters. The maximum absolute atomic E-state index is 12.2. The molecule has 2 aliphatic carbocycles. The molecule has 5 rings (SSSR count). The molecule has 2 saturated carbocycles. The summed E-state index contributed by atoms with van der Waals surface area (Å²) >= 11 is 0. The largest absolute Gasteiger partial charge is 0.454 e. The first kappa shape index (κ1) is 20.0.